The summed E-state index contributed by atoms with van der Waals surface area (Å²) >= 11 is 0. The second kappa shape index (κ2) is 13.1. The number of rotatable bonds is 11. The monoisotopic (exact) mass is 568 g/mol. The fourth-order valence-corrected chi connectivity index (χ4v) is 6.14. The van der Waals surface area contributed by atoms with Gasteiger partial charge in [0.25, 0.3) is 0 Å². The summed E-state index contributed by atoms with van der Waals surface area (Å²) in [6.45, 7) is 0.278. The smallest absolute Gasteiger partial charge is 0.309 e. The normalized spacial score (nSPS) is 16.5. The average molecular weight is 569 g/mol. The maximum atomic E-state index is 13.1. The Bertz CT molecular complexity index is 1520. The zero-order chi connectivity index (χ0) is 29.5. The van der Waals surface area contributed by atoms with E-state index < -0.39 is 5.60 Å². The Morgan fingerprint density at radius 1 is 0.698 bits per heavy atom. The Balaban J connectivity index is 1.20. The van der Waals surface area contributed by atoms with Gasteiger partial charge in [-0.1, -0.05) is 133 Å². The standard InChI is InChI=1S/C39H36O4/c1-41-37-26-30(22-23-31(37)24-29-14-6-2-7-15-29)25-32-27-36(43-38(32)40)28-42-39(33-16-8-3-9-17-33,34-18-10-4-11-19-34)35-20-12-5-13-21-35/h2-23,26,32,36H,24-25,27-28H2,1H3/t32-,36+/m1/s1. The number of benzene rings is 5. The van der Waals surface area contributed by atoms with E-state index in [1.54, 1.807) is 7.11 Å². The van der Waals surface area contributed by atoms with E-state index in [9.17, 15) is 4.79 Å². The zero-order valence-corrected chi connectivity index (χ0v) is 24.4. The highest BCUT2D eigenvalue weighted by Crippen LogP contribution is 2.41. The van der Waals surface area contributed by atoms with Crippen LogP contribution in [0.5, 0.6) is 5.75 Å². The molecule has 0 aromatic heterocycles. The van der Waals surface area contributed by atoms with Gasteiger partial charge < -0.3 is 14.2 Å². The predicted octanol–water partition coefficient (Wildman–Crippen LogP) is 7.77. The van der Waals surface area contributed by atoms with Crippen LogP contribution < -0.4 is 4.74 Å². The highest BCUT2D eigenvalue weighted by molar-refractivity contribution is 5.75. The van der Waals surface area contributed by atoms with Gasteiger partial charge in [-0.15, -0.1) is 0 Å². The van der Waals surface area contributed by atoms with Gasteiger partial charge in [-0.25, -0.2) is 0 Å². The number of cyclic esters (lactones) is 1. The Labute approximate surface area is 253 Å². The molecule has 5 aromatic carbocycles. The lowest BCUT2D eigenvalue weighted by atomic mass is 9.80. The maximum Gasteiger partial charge on any atom is 0.309 e. The van der Waals surface area contributed by atoms with Crippen molar-refractivity contribution in [3.05, 3.63) is 173 Å². The van der Waals surface area contributed by atoms with Crippen molar-refractivity contribution >= 4 is 5.97 Å². The molecule has 4 nitrogen and oxygen atoms in total. The van der Waals surface area contributed by atoms with Crippen molar-refractivity contribution in [2.24, 2.45) is 5.92 Å². The fraction of sp³-hybridized carbons (Fsp3) is 0.205. The summed E-state index contributed by atoms with van der Waals surface area (Å²) in [5.41, 5.74) is 5.63. The topological polar surface area (TPSA) is 44.8 Å². The first-order chi connectivity index (χ1) is 21.2. The highest BCUT2D eigenvalue weighted by atomic mass is 16.6. The number of hydrogen-bond donors (Lipinski definition) is 0. The molecule has 1 saturated heterocycles. The van der Waals surface area contributed by atoms with E-state index in [-0.39, 0.29) is 24.6 Å². The molecule has 0 bridgehead atoms. The predicted molar refractivity (Wildman–Crippen MR) is 169 cm³/mol. The third kappa shape index (κ3) is 6.25. The maximum absolute atomic E-state index is 13.1. The minimum absolute atomic E-state index is 0.175. The molecule has 0 spiro atoms. The molecule has 1 aliphatic rings. The third-order valence-corrected chi connectivity index (χ3v) is 8.26. The minimum atomic E-state index is -0.851. The molecule has 216 valence electrons. The number of carbonyl (C=O) groups is 1. The van der Waals surface area contributed by atoms with Crippen LogP contribution in [-0.4, -0.2) is 25.8 Å². The van der Waals surface area contributed by atoms with Gasteiger partial charge in [0.1, 0.15) is 17.5 Å². The van der Waals surface area contributed by atoms with Gasteiger partial charge in [0.05, 0.1) is 19.6 Å². The SMILES string of the molecule is COc1cc(C[C@@H]2C[C@@H](COC(c3ccccc3)(c3ccccc3)c3ccccc3)OC2=O)ccc1Cc1ccccc1. The lowest BCUT2D eigenvalue weighted by Crippen LogP contribution is -2.35. The van der Waals surface area contributed by atoms with Crippen LogP contribution in [-0.2, 0) is 32.7 Å². The number of esters is 1. The molecule has 43 heavy (non-hydrogen) atoms. The zero-order valence-electron chi connectivity index (χ0n) is 24.4. The molecule has 1 fully saturated rings. The Morgan fingerprint density at radius 3 is 1.77 bits per heavy atom. The molecule has 0 radical (unpaired) electrons. The van der Waals surface area contributed by atoms with Crippen LogP contribution in [0.4, 0.5) is 0 Å². The first-order valence-electron chi connectivity index (χ1n) is 14.9. The quantitative estimate of drug-likeness (QED) is 0.121. The van der Waals surface area contributed by atoms with Crippen LogP contribution >= 0.6 is 0 Å². The van der Waals surface area contributed by atoms with E-state index in [0.717, 1.165) is 40.0 Å². The summed E-state index contributed by atoms with van der Waals surface area (Å²) in [4.78, 5) is 13.1. The molecule has 4 heteroatoms. The summed E-state index contributed by atoms with van der Waals surface area (Å²) < 4.78 is 18.6. The molecule has 2 atom stereocenters. The molecule has 5 aromatic rings. The number of carbonyl (C=O) groups excluding carboxylic acids is 1. The Hall–Kier alpha value is -4.67. The third-order valence-electron chi connectivity index (χ3n) is 8.26. The van der Waals surface area contributed by atoms with E-state index in [0.29, 0.717) is 12.8 Å². The first-order valence-corrected chi connectivity index (χ1v) is 14.9. The Kier molecular flexibility index (Phi) is 8.67. The van der Waals surface area contributed by atoms with Crippen molar-refractivity contribution in [3.8, 4) is 5.75 Å². The molecule has 6 rings (SSSR count). The molecular formula is C39H36O4. The van der Waals surface area contributed by atoms with Gasteiger partial charge >= 0.3 is 5.97 Å². The lowest BCUT2D eigenvalue weighted by Gasteiger charge is -2.36. The fourth-order valence-electron chi connectivity index (χ4n) is 6.14. The second-order valence-corrected chi connectivity index (χ2v) is 11.1. The van der Waals surface area contributed by atoms with Gasteiger partial charge in [0.15, 0.2) is 0 Å². The molecule has 1 aliphatic heterocycles. The van der Waals surface area contributed by atoms with E-state index in [2.05, 4.69) is 66.7 Å². The van der Waals surface area contributed by atoms with E-state index >= 15 is 0 Å². The van der Waals surface area contributed by atoms with Crippen molar-refractivity contribution in [1.82, 2.24) is 0 Å². The number of ether oxygens (including phenoxy) is 3. The summed E-state index contributed by atoms with van der Waals surface area (Å²) in [6, 6.07) is 47.4. The van der Waals surface area contributed by atoms with Gasteiger partial charge in [0.2, 0.25) is 0 Å². The first kappa shape index (κ1) is 28.4. The van der Waals surface area contributed by atoms with Gasteiger partial charge in [0, 0.05) is 12.8 Å². The Morgan fingerprint density at radius 2 is 1.23 bits per heavy atom. The molecule has 0 aliphatic carbocycles. The van der Waals surface area contributed by atoms with Crippen LogP contribution in [0.2, 0.25) is 0 Å². The van der Waals surface area contributed by atoms with Gasteiger partial charge in [-0.3, -0.25) is 4.79 Å². The lowest BCUT2D eigenvalue weighted by molar-refractivity contribution is -0.147. The molecule has 0 saturated carbocycles. The van der Waals surface area contributed by atoms with Gasteiger partial charge in [-0.05, 0) is 45.9 Å². The van der Waals surface area contributed by atoms with E-state index in [1.165, 1.54) is 5.56 Å². The van der Waals surface area contributed by atoms with Crippen LogP contribution in [0.1, 0.15) is 39.8 Å². The molecule has 1 heterocycles. The number of methoxy groups -OCH3 is 1. The van der Waals surface area contributed by atoms with E-state index in [4.69, 9.17) is 14.2 Å². The van der Waals surface area contributed by atoms with Crippen molar-refractivity contribution < 1.29 is 19.0 Å². The number of hydrogen-bond acceptors (Lipinski definition) is 4. The summed E-state index contributed by atoms with van der Waals surface area (Å²) in [7, 11) is 1.70. The summed E-state index contributed by atoms with van der Waals surface area (Å²) in [5, 5.41) is 0. The highest BCUT2D eigenvalue weighted by Gasteiger charge is 2.41. The van der Waals surface area contributed by atoms with Crippen LogP contribution in [0.3, 0.4) is 0 Å². The largest absolute Gasteiger partial charge is 0.496 e. The summed E-state index contributed by atoms with van der Waals surface area (Å²) in [6.07, 6.45) is 1.65. The summed E-state index contributed by atoms with van der Waals surface area (Å²) in [5.74, 6) is 0.425. The molecule has 0 amide bonds. The second-order valence-electron chi connectivity index (χ2n) is 11.1. The van der Waals surface area contributed by atoms with Crippen molar-refractivity contribution in [2.75, 3.05) is 13.7 Å². The van der Waals surface area contributed by atoms with Gasteiger partial charge in [-0.2, -0.15) is 0 Å². The molecule has 0 unspecified atom stereocenters. The van der Waals surface area contributed by atoms with Crippen molar-refractivity contribution in [2.45, 2.75) is 31.0 Å². The van der Waals surface area contributed by atoms with Crippen molar-refractivity contribution in [3.63, 3.8) is 0 Å². The molecular weight excluding hydrogens is 532 g/mol. The average Bonchev–Trinajstić information content (AvgIpc) is 3.42. The molecule has 0 N–H and O–H groups in total. The van der Waals surface area contributed by atoms with Crippen LogP contribution in [0.15, 0.2) is 140 Å². The van der Waals surface area contributed by atoms with Crippen LogP contribution in [0.25, 0.3) is 0 Å². The van der Waals surface area contributed by atoms with E-state index in [1.807, 2.05) is 72.8 Å². The minimum Gasteiger partial charge on any atom is -0.496 e. The van der Waals surface area contributed by atoms with Crippen LogP contribution in [0, 0.1) is 5.92 Å². The van der Waals surface area contributed by atoms with Crippen molar-refractivity contribution in [1.29, 1.82) is 0 Å².